The number of benzene rings is 2. The van der Waals surface area contributed by atoms with Gasteiger partial charge in [-0.2, -0.15) is 0 Å². The fourth-order valence-corrected chi connectivity index (χ4v) is 2.37. The van der Waals surface area contributed by atoms with E-state index in [4.69, 9.17) is 4.74 Å². The van der Waals surface area contributed by atoms with Crippen LogP contribution in [-0.4, -0.2) is 5.11 Å². The molecule has 0 aliphatic carbocycles. The van der Waals surface area contributed by atoms with Crippen molar-refractivity contribution < 1.29 is 9.84 Å². The number of hydrogen-bond donors (Lipinski definition) is 1. The monoisotopic (exact) mass is 284 g/mol. The molecular weight excluding hydrogens is 260 g/mol. The van der Waals surface area contributed by atoms with Crippen LogP contribution < -0.4 is 4.74 Å². The van der Waals surface area contributed by atoms with Crippen LogP contribution in [0.5, 0.6) is 5.75 Å². The summed E-state index contributed by atoms with van der Waals surface area (Å²) >= 11 is 0. The van der Waals surface area contributed by atoms with Crippen LogP contribution in [0.25, 0.3) is 0 Å². The summed E-state index contributed by atoms with van der Waals surface area (Å²) in [5.41, 5.74) is 4.61. The molecule has 2 aromatic carbocycles. The van der Waals surface area contributed by atoms with Gasteiger partial charge < -0.3 is 9.84 Å². The maximum atomic E-state index is 10.1. The molecular formula is C19H24O2. The summed E-state index contributed by atoms with van der Waals surface area (Å²) in [5, 5.41) is 10.1. The Morgan fingerprint density at radius 1 is 1.10 bits per heavy atom. The molecule has 0 fully saturated rings. The normalized spacial score (nSPS) is 12.2. The lowest BCUT2D eigenvalue weighted by molar-refractivity contribution is 0.166. The van der Waals surface area contributed by atoms with Crippen LogP contribution in [0.4, 0.5) is 0 Å². The molecule has 2 aromatic rings. The molecule has 21 heavy (non-hydrogen) atoms. The van der Waals surface area contributed by atoms with E-state index in [1.165, 1.54) is 16.7 Å². The second-order valence-electron chi connectivity index (χ2n) is 5.60. The number of aliphatic hydroxyl groups is 1. The highest BCUT2D eigenvalue weighted by molar-refractivity contribution is 5.32. The first-order chi connectivity index (χ1) is 10.1. The zero-order valence-electron chi connectivity index (χ0n) is 13.1. The van der Waals surface area contributed by atoms with Crippen molar-refractivity contribution in [2.75, 3.05) is 0 Å². The Balaban J connectivity index is 2.06. The third-order valence-corrected chi connectivity index (χ3v) is 3.70. The Labute approximate surface area is 127 Å². The van der Waals surface area contributed by atoms with Gasteiger partial charge in [-0.3, -0.25) is 0 Å². The van der Waals surface area contributed by atoms with Gasteiger partial charge in [0, 0.05) is 0 Å². The van der Waals surface area contributed by atoms with Gasteiger partial charge >= 0.3 is 0 Å². The molecule has 1 atom stereocenters. The standard InChI is InChI=1S/C19H24O2/c1-4-6-19(20)16-7-5-8-18(12-16)21-13-17-11-14(2)9-10-15(17)3/h5,7-12,19-20H,4,6,13H2,1-3H3. The van der Waals surface area contributed by atoms with Gasteiger partial charge in [-0.05, 0) is 49.1 Å². The van der Waals surface area contributed by atoms with Gasteiger partial charge in [0.1, 0.15) is 12.4 Å². The van der Waals surface area contributed by atoms with Crippen molar-refractivity contribution in [2.45, 2.75) is 46.3 Å². The van der Waals surface area contributed by atoms with Crippen LogP contribution in [0.3, 0.4) is 0 Å². The predicted molar refractivity (Wildman–Crippen MR) is 86.6 cm³/mol. The molecule has 0 saturated carbocycles. The molecule has 0 radical (unpaired) electrons. The summed E-state index contributed by atoms with van der Waals surface area (Å²) < 4.78 is 5.89. The number of aryl methyl sites for hydroxylation is 2. The van der Waals surface area contributed by atoms with Gasteiger partial charge in [0.2, 0.25) is 0 Å². The van der Waals surface area contributed by atoms with Gasteiger partial charge in [0.15, 0.2) is 0 Å². The minimum atomic E-state index is -0.403. The first kappa shape index (κ1) is 15.6. The fraction of sp³-hybridized carbons (Fsp3) is 0.368. The third-order valence-electron chi connectivity index (χ3n) is 3.70. The largest absolute Gasteiger partial charge is 0.489 e. The van der Waals surface area contributed by atoms with E-state index in [0.29, 0.717) is 6.61 Å². The summed E-state index contributed by atoms with van der Waals surface area (Å²) in [5.74, 6) is 0.809. The molecule has 0 saturated heterocycles. The van der Waals surface area contributed by atoms with Crippen LogP contribution in [0.15, 0.2) is 42.5 Å². The summed E-state index contributed by atoms with van der Waals surface area (Å²) in [6, 6.07) is 14.2. The SMILES string of the molecule is CCCC(O)c1cccc(OCc2cc(C)ccc2C)c1. The number of aliphatic hydroxyl groups excluding tert-OH is 1. The van der Waals surface area contributed by atoms with E-state index in [1.807, 2.05) is 24.3 Å². The Bertz CT molecular complexity index is 590. The molecule has 0 heterocycles. The topological polar surface area (TPSA) is 29.5 Å². The van der Waals surface area contributed by atoms with E-state index >= 15 is 0 Å². The number of ether oxygens (including phenoxy) is 1. The molecule has 0 amide bonds. The van der Waals surface area contributed by atoms with E-state index in [1.54, 1.807) is 0 Å². The molecule has 2 rings (SSSR count). The second kappa shape index (κ2) is 7.28. The Kier molecular flexibility index (Phi) is 5.40. The molecule has 2 nitrogen and oxygen atoms in total. The lowest BCUT2D eigenvalue weighted by atomic mass is 10.0. The fourth-order valence-electron chi connectivity index (χ4n) is 2.37. The molecule has 1 unspecified atom stereocenters. The zero-order valence-corrected chi connectivity index (χ0v) is 13.1. The van der Waals surface area contributed by atoms with Crippen molar-refractivity contribution >= 4 is 0 Å². The smallest absolute Gasteiger partial charge is 0.120 e. The molecule has 112 valence electrons. The minimum absolute atomic E-state index is 0.403. The summed E-state index contributed by atoms with van der Waals surface area (Å²) in [4.78, 5) is 0. The van der Waals surface area contributed by atoms with Crippen LogP contribution in [-0.2, 0) is 6.61 Å². The van der Waals surface area contributed by atoms with Crippen molar-refractivity contribution in [3.05, 3.63) is 64.7 Å². The number of hydrogen-bond acceptors (Lipinski definition) is 2. The predicted octanol–water partition coefficient (Wildman–Crippen LogP) is 4.72. The quantitative estimate of drug-likeness (QED) is 0.832. The molecule has 0 spiro atoms. The summed E-state index contributed by atoms with van der Waals surface area (Å²) in [6.45, 7) is 6.81. The molecule has 0 aliphatic heterocycles. The maximum absolute atomic E-state index is 10.1. The van der Waals surface area contributed by atoms with Crippen LogP contribution in [0.1, 0.15) is 48.1 Å². The zero-order chi connectivity index (χ0) is 15.2. The molecule has 0 aromatic heterocycles. The maximum Gasteiger partial charge on any atom is 0.120 e. The van der Waals surface area contributed by atoms with Gasteiger partial charge in [0.05, 0.1) is 6.10 Å². The Morgan fingerprint density at radius 3 is 2.67 bits per heavy atom. The third kappa shape index (κ3) is 4.33. The number of rotatable bonds is 6. The van der Waals surface area contributed by atoms with Crippen molar-refractivity contribution in [1.82, 2.24) is 0 Å². The highest BCUT2D eigenvalue weighted by Gasteiger charge is 2.07. The average molecular weight is 284 g/mol. The minimum Gasteiger partial charge on any atom is -0.489 e. The first-order valence-corrected chi connectivity index (χ1v) is 7.57. The van der Waals surface area contributed by atoms with Gasteiger partial charge in [-0.15, -0.1) is 0 Å². The van der Waals surface area contributed by atoms with Crippen molar-refractivity contribution in [3.8, 4) is 5.75 Å². The van der Waals surface area contributed by atoms with Crippen molar-refractivity contribution in [3.63, 3.8) is 0 Å². The summed E-state index contributed by atoms with van der Waals surface area (Å²) in [6.07, 6.45) is 1.34. The van der Waals surface area contributed by atoms with Crippen LogP contribution in [0.2, 0.25) is 0 Å². The van der Waals surface area contributed by atoms with E-state index in [0.717, 1.165) is 24.2 Å². The molecule has 1 N–H and O–H groups in total. The van der Waals surface area contributed by atoms with Crippen LogP contribution in [0, 0.1) is 13.8 Å². The Hall–Kier alpha value is -1.80. The van der Waals surface area contributed by atoms with Gasteiger partial charge in [-0.25, -0.2) is 0 Å². The van der Waals surface area contributed by atoms with Gasteiger partial charge in [0.25, 0.3) is 0 Å². The van der Waals surface area contributed by atoms with E-state index in [2.05, 4.69) is 39.0 Å². The molecule has 2 heteroatoms. The highest BCUT2D eigenvalue weighted by Crippen LogP contribution is 2.23. The average Bonchev–Trinajstić information content (AvgIpc) is 2.49. The van der Waals surface area contributed by atoms with E-state index < -0.39 is 6.10 Å². The first-order valence-electron chi connectivity index (χ1n) is 7.57. The van der Waals surface area contributed by atoms with Crippen molar-refractivity contribution in [1.29, 1.82) is 0 Å². The Morgan fingerprint density at radius 2 is 1.90 bits per heavy atom. The van der Waals surface area contributed by atoms with Crippen molar-refractivity contribution in [2.24, 2.45) is 0 Å². The van der Waals surface area contributed by atoms with Crippen LogP contribution >= 0.6 is 0 Å². The lowest BCUT2D eigenvalue weighted by Crippen LogP contribution is -2.00. The summed E-state index contributed by atoms with van der Waals surface area (Å²) in [7, 11) is 0. The second-order valence-corrected chi connectivity index (χ2v) is 5.60. The lowest BCUT2D eigenvalue weighted by Gasteiger charge is -2.13. The van der Waals surface area contributed by atoms with E-state index in [-0.39, 0.29) is 0 Å². The van der Waals surface area contributed by atoms with E-state index in [9.17, 15) is 5.11 Å². The molecule has 0 bridgehead atoms. The van der Waals surface area contributed by atoms with Gasteiger partial charge in [-0.1, -0.05) is 49.2 Å². The molecule has 0 aliphatic rings. The highest BCUT2D eigenvalue weighted by atomic mass is 16.5.